The molecule has 74 valence electrons. The fourth-order valence-corrected chi connectivity index (χ4v) is 2.09. The molecule has 2 amide bonds. The summed E-state index contributed by atoms with van der Waals surface area (Å²) < 4.78 is -0.162. The molecule has 0 spiro atoms. The fraction of sp³-hybridized carbons (Fsp3) is 0.300. The Hall–Kier alpha value is -0.780. The highest BCUT2D eigenvalue weighted by Gasteiger charge is 2.36. The smallest absolute Gasteiger partial charge is 0.322 e. The number of nitrogens with zero attached hydrogens (tertiary/aromatic N) is 1. The van der Waals surface area contributed by atoms with Gasteiger partial charge in [0, 0.05) is 5.69 Å². The molecule has 0 aromatic heterocycles. The topological polar surface area (TPSA) is 32.3 Å². The molecule has 1 atom stereocenters. The number of hydrogen-bond donors (Lipinski definition) is 1. The first-order chi connectivity index (χ1) is 6.58. The van der Waals surface area contributed by atoms with Gasteiger partial charge in [0.2, 0.25) is 0 Å². The number of benzene rings is 1. The van der Waals surface area contributed by atoms with Crippen LogP contribution in [0.25, 0.3) is 0 Å². The highest BCUT2D eigenvalue weighted by molar-refractivity contribution is 14.1. The standard InChI is InChI=1S/C10H11IN2O/c1-10(11)7-13(9(14)12-10)8-5-3-2-4-6-8/h2-6H,7H2,1H3,(H,12,14). The maximum absolute atomic E-state index is 11.6. The Kier molecular flexibility index (Phi) is 2.38. The molecule has 1 unspecified atom stereocenters. The van der Waals surface area contributed by atoms with Crippen LogP contribution in [-0.4, -0.2) is 16.1 Å². The van der Waals surface area contributed by atoms with E-state index in [0.29, 0.717) is 6.54 Å². The van der Waals surface area contributed by atoms with Crippen LogP contribution in [0.4, 0.5) is 10.5 Å². The molecule has 3 nitrogen and oxygen atoms in total. The summed E-state index contributed by atoms with van der Waals surface area (Å²) in [6.07, 6.45) is 0. The van der Waals surface area contributed by atoms with Crippen molar-refractivity contribution in [1.29, 1.82) is 0 Å². The van der Waals surface area contributed by atoms with E-state index >= 15 is 0 Å². The maximum Gasteiger partial charge on any atom is 0.323 e. The summed E-state index contributed by atoms with van der Waals surface area (Å²) in [5, 5.41) is 2.92. The molecule has 1 aromatic rings. The minimum Gasteiger partial charge on any atom is -0.322 e. The quantitative estimate of drug-likeness (QED) is 0.482. The lowest BCUT2D eigenvalue weighted by Crippen LogP contribution is -2.32. The molecule has 4 heteroatoms. The van der Waals surface area contributed by atoms with Gasteiger partial charge >= 0.3 is 6.03 Å². The first-order valence-corrected chi connectivity index (χ1v) is 5.50. The van der Waals surface area contributed by atoms with E-state index in [1.165, 1.54) is 0 Å². The van der Waals surface area contributed by atoms with E-state index in [0.717, 1.165) is 5.69 Å². The van der Waals surface area contributed by atoms with E-state index in [1.807, 2.05) is 37.3 Å². The molecule has 0 aliphatic carbocycles. The van der Waals surface area contributed by atoms with E-state index in [2.05, 4.69) is 27.9 Å². The Bertz CT molecular complexity index is 350. The third kappa shape index (κ3) is 1.84. The molecule has 0 radical (unpaired) electrons. The highest BCUT2D eigenvalue weighted by Crippen LogP contribution is 2.26. The van der Waals surface area contributed by atoms with Crippen molar-refractivity contribution in [3.05, 3.63) is 30.3 Å². The van der Waals surface area contributed by atoms with Gasteiger partial charge in [0.05, 0.1) is 6.54 Å². The third-order valence-electron chi connectivity index (χ3n) is 2.14. The van der Waals surface area contributed by atoms with Crippen LogP contribution in [0.1, 0.15) is 6.92 Å². The summed E-state index contributed by atoms with van der Waals surface area (Å²) in [5.41, 5.74) is 0.949. The lowest BCUT2D eigenvalue weighted by molar-refractivity contribution is 0.251. The second-order valence-corrected chi connectivity index (χ2v) is 5.93. The number of para-hydroxylation sites is 1. The predicted molar refractivity (Wildman–Crippen MR) is 64.7 cm³/mol. The molecular weight excluding hydrogens is 291 g/mol. The van der Waals surface area contributed by atoms with Crippen molar-refractivity contribution >= 4 is 34.3 Å². The van der Waals surface area contributed by atoms with Gasteiger partial charge in [-0.25, -0.2) is 4.79 Å². The van der Waals surface area contributed by atoms with Crippen LogP contribution in [0.2, 0.25) is 0 Å². The molecule has 1 N–H and O–H groups in total. The summed E-state index contributed by atoms with van der Waals surface area (Å²) in [5.74, 6) is 0. The molecule has 0 saturated carbocycles. The van der Waals surface area contributed by atoms with Crippen LogP contribution < -0.4 is 10.2 Å². The molecule has 1 aliphatic rings. The normalized spacial score (nSPS) is 26.4. The number of hydrogen-bond acceptors (Lipinski definition) is 1. The summed E-state index contributed by atoms with van der Waals surface area (Å²) in [7, 11) is 0. The Morgan fingerprint density at radius 3 is 2.57 bits per heavy atom. The Balaban J connectivity index is 2.26. The van der Waals surface area contributed by atoms with Crippen molar-refractivity contribution in [2.24, 2.45) is 0 Å². The number of carbonyl (C=O) groups excluding carboxylic acids is 1. The minimum absolute atomic E-state index is 0.0203. The first-order valence-electron chi connectivity index (χ1n) is 4.42. The molecule has 2 rings (SSSR count). The first kappa shape index (κ1) is 9.76. The van der Waals surface area contributed by atoms with E-state index < -0.39 is 0 Å². The van der Waals surface area contributed by atoms with Crippen LogP contribution in [0.3, 0.4) is 0 Å². The number of anilines is 1. The number of urea groups is 1. The molecule has 0 bridgehead atoms. The second-order valence-electron chi connectivity index (χ2n) is 3.55. The average molecular weight is 302 g/mol. The molecule has 1 aromatic carbocycles. The minimum atomic E-state index is -0.162. The van der Waals surface area contributed by atoms with Crippen molar-refractivity contribution in [1.82, 2.24) is 5.32 Å². The van der Waals surface area contributed by atoms with E-state index in [-0.39, 0.29) is 9.58 Å². The largest absolute Gasteiger partial charge is 0.323 e. The SMILES string of the molecule is CC1(I)CN(c2ccccc2)C(=O)N1. The van der Waals surface area contributed by atoms with E-state index in [9.17, 15) is 4.79 Å². The van der Waals surface area contributed by atoms with Gasteiger partial charge in [-0.2, -0.15) is 0 Å². The summed E-state index contributed by atoms with van der Waals surface area (Å²) >= 11 is 2.25. The number of rotatable bonds is 1. The second kappa shape index (κ2) is 3.42. The number of amides is 2. The molecule has 1 aliphatic heterocycles. The Labute approximate surface area is 96.6 Å². The predicted octanol–water partition coefficient (Wildman–Crippen LogP) is 2.37. The molecule has 1 saturated heterocycles. The number of carbonyl (C=O) groups is 1. The van der Waals surface area contributed by atoms with E-state index in [4.69, 9.17) is 0 Å². The van der Waals surface area contributed by atoms with Gasteiger partial charge in [-0.3, -0.25) is 4.90 Å². The third-order valence-corrected chi connectivity index (χ3v) is 2.75. The molecule has 1 heterocycles. The fourth-order valence-electron chi connectivity index (χ4n) is 1.52. The highest BCUT2D eigenvalue weighted by atomic mass is 127. The lowest BCUT2D eigenvalue weighted by Gasteiger charge is -2.16. The zero-order chi connectivity index (χ0) is 10.2. The van der Waals surface area contributed by atoms with E-state index in [1.54, 1.807) is 4.90 Å². The van der Waals surface area contributed by atoms with Crippen LogP contribution in [0.15, 0.2) is 30.3 Å². The number of alkyl halides is 1. The van der Waals surface area contributed by atoms with Gasteiger partial charge in [0.25, 0.3) is 0 Å². The molecule has 14 heavy (non-hydrogen) atoms. The molecule has 1 fully saturated rings. The van der Waals surface area contributed by atoms with Crippen molar-refractivity contribution in [3.8, 4) is 0 Å². The van der Waals surface area contributed by atoms with Crippen molar-refractivity contribution < 1.29 is 4.79 Å². The van der Waals surface area contributed by atoms with Crippen LogP contribution in [0, 0.1) is 0 Å². The summed E-state index contributed by atoms with van der Waals surface area (Å²) in [6, 6.07) is 9.68. The monoisotopic (exact) mass is 302 g/mol. The van der Waals surface area contributed by atoms with Gasteiger partial charge in [0.15, 0.2) is 0 Å². The van der Waals surface area contributed by atoms with Crippen LogP contribution >= 0.6 is 22.6 Å². The maximum atomic E-state index is 11.6. The van der Waals surface area contributed by atoms with Crippen molar-refractivity contribution in [3.63, 3.8) is 0 Å². The summed E-state index contributed by atoms with van der Waals surface area (Å²) in [4.78, 5) is 13.4. The zero-order valence-corrected chi connectivity index (χ0v) is 9.98. The Morgan fingerprint density at radius 1 is 1.43 bits per heavy atom. The number of halogens is 1. The van der Waals surface area contributed by atoms with Gasteiger partial charge < -0.3 is 5.32 Å². The number of nitrogens with one attached hydrogen (secondary N) is 1. The van der Waals surface area contributed by atoms with Crippen LogP contribution in [0.5, 0.6) is 0 Å². The van der Waals surface area contributed by atoms with Gasteiger partial charge in [0.1, 0.15) is 3.55 Å². The lowest BCUT2D eigenvalue weighted by atomic mass is 10.3. The van der Waals surface area contributed by atoms with Gasteiger partial charge in [-0.15, -0.1) is 0 Å². The summed E-state index contributed by atoms with van der Waals surface area (Å²) in [6.45, 7) is 2.71. The Morgan fingerprint density at radius 2 is 2.07 bits per heavy atom. The zero-order valence-electron chi connectivity index (χ0n) is 7.83. The van der Waals surface area contributed by atoms with Crippen molar-refractivity contribution in [2.45, 2.75) is 10.5 Å². The van der Waals surface area contributed by atoms with Crippen LogP contribution in [-0.2, 0) is 0 Å². The van der Waals surface area contributed by atoms with Crippen molar-refractivity contribution in [2.75, 3.05) is 11.4 Å². The van der Waals surface area contributed by atoms with Gasteiger partial charge in [-0.1, -0.05) is 40.8 Å². The average Bonchev–Trinajstić information content (AvgIpc) is 2.41. The van der Waals surface area contributed by atoms with Gasteiger partial charge in [-0.05, 0) is 19.1 Å². The molecular formula is C10H11IN2O.